The number of aryl methyl sites for hydroxylation is 1. The summed E-state index contributed by atoms with van der Waals surface area (Å²) in [4.78, 5) is 34.7. The maximum Gasteiger partial charge on any atom is 0.331 e. The Balaban J connectivity index is 2.37. The number of rotatable bonds is 9. The topological polar surface area (TPSA) is 70.3 Å². The lowest BCUT2D eigenvalue weighted by Gasteiger charge is -2.09. The molecule has 0 N–H and O–H groups in total. The van der Waals surface area contributed by atoms with Gasteiger partial charge in [-0.3, -0.25) is 18.7 Å². The van der Waals surface area contributed by atoms with Crippen molar-refractivity contribution in [1.82, 2.24) is 9.13 Å². The highest BCUT2D eigenvalue weighted by Gasteiger charge is 2.10. The number of carbonyl (C=O) groups excluding carboxylic acids is 1. The van der Waals surface area contributed by atoms with E-state index in [-0.39, 0.29) is 18.4 Å². The van der Waals surface area contributed by atoms with Crippen LogP contribution in [0.2, 0.25) is 0 Å². The van der Waals surface area contributed by atoms with E-state index in [1.807, 2.05) is 0 Å². The van der Waals surface area contributed by atoms with Gasteiger partial charge in [0.25, 0.3) is 5.56 Å². The normalized spacial score (nSPS) is 11.0. The predicted octanol–water partition coefficient (Wildman–Crippen LogP) is 1.93. The van der Waals surface area contributed by atoms with Crippen molar-refractivity contribution in [3.63, 3.8) is 0 Å². The number of unbranched alkanes of at least 4 members (excludes halogenated alkanes) is 3. The smallest absolute Gasteiger partial charge is 0.331 e. The highest BCUT2D eigenvalue weighted by Crippen LogP contribution is 2.03. The molecule has 0 radical (unpaired) electrons. The summed E-state index contributed by atoms with van der Waals surface area (Å²) in [5.74, 6) is -1.23. The van der Waals surface area contributed by atoms with E-state index in [0.29, 0.717) is 19.6 Å². The van der Waals surface area contributed by atoms with Gasteiger partial charge in [0, 0.05) is 13.1 Å². The molecule has 0 saturated carbocycles. The minimum Gasteiger partial charge on any atom is -0.465 e. The lowest BCUT2D eigenvalue weighted by Crippen LogP contribution is -2.40. The highest BCUT2D eigenvalue weighted by atomic mass is 19.1. The number of aromatic nitrogens is 2. The minimum absolute atomic E-state index is 0.119. The van der Waals surface area contributed by atoms with Gasteiger partial charge in [0.2, 0.25) is 5.82 Å². The van der Waals surface area contributed by atoms with Gasteiger partial charge in [-0.15, -0.1) is 0 Å². The van der Waals surface area contributed by atoms with Crippen LogP contribution >= 0.6 is 0 Å². The van der Waals surface area contributed by atoms with E-state index >= 15 is 0 Å². The van der Waals surface area contributed by atoms with E-state index in [9.17, 15) is 18.8 Å². The molecule has 0 amide bonds. The Morgan fingerprint density at radius 3 is 2.48 bits per heavy atom. The summed E-state index contributed by atoms with van der Waals surface area (Å²) >= 11 is 0. The number of esters is 1. The predicted molar refractivity (Wildman–Crippen MR) is 84.9 cm³/mol. The number of hydrogen-bond acceptors (Lipinski definition) is 4. The Kier molecular flexibility index (Phi) is 7.71. The van der Waals surface area contributed by atoms with E-state index in [1.54, 1.807) is 20.8 Å². The Morgan fingerprint density at radius 2 is 1.87 bits per heavy atom. The molecule has 0 spiro atoms. The van der Waals surface area contributed by atoms with Crippen molar-refractivity contribution >= 4 is 5.97 Å². The number of nitrogens with zero attached hydrogens (tertiary/aromatic N) is 2. The second-order valence-corrected chi connectivity index (χ2v) is 5.74. The van der Waals surface area contributed by atoms with Crippen LogP contribution in [0.4, 0.5) is 4.39 Å². The van der Waals surface area contributed by atoms with Crippen molar-refractivity contribution in [1.29, 1.82) is 0 Å². The fourth-order valence-corrected chi connectivity index (χ4v) is 2.13. The molecular formula is C16H25FN2O4. The standard InChI is InChI=1S/C16H25FN2O4/c1-4-19-14(20)13(17)11-18(16(19)22)9-7-5-6-8-10-23-15(21)12(2)3/h11-12H,4-10H2,1-3H3. The number of hydrogen-bond donors (Lipinski definition) is 0. The zero-order valence-corrected chi connectivity index (χ0v) is 14.0. The Bertz CT molecular complexity index is 634. The summed E-state index contributed by atoms with van der Waals surface area (Å²) in [7, 11) is 0. The summed E-state index contributed by atoms with van der Waals surface area (Å²) in [5, 5.41) is 0. The van der Waals surface area contributed by atoms with Crippen molar-refractivity contribution in [2.45, 2.75) is 59.5 Å². The van der Waals surface area contributed by atoms with Gasteiger partial charge in [0.1, 0.15) is 0 Å². The third-order valence-corrected chi connectivity index (χ3v) is 3.52. The van der Waals surface area contributed by atoms with Crippen LogP contribution in [0.3, 0.4) is 0 Å². The molecule has 23 heavy (non-hydrogen) atoms. The quantitative estimate of drug-likeness (QED) is 0.513. The fraction of sp³-hybridized carbons (Fsp3) is 0.688. The average molecular weight is 328 g/mol. The highest BCUT2D eigenvalue weighted by molar-refractivity contribution is 5.71. The molecule has 0 bridgehead atoms. The molecule has 0 aliphatic carbocycles. The van der Waals surface area contributed by atoms with E-state index in [1.165, 1.54) is 4.57 Å². The minimum atomic E-state index is -0.910. The summed E-state index contributed by atoms with van der Waals surface area (Å²) in [6.45, 7) is 6.11. The summed E-state index contributed by atoms with van der Waals surface area (Å²) < 4.78 is 20.7. The van der Waals surface area contributed by atoms with Gasteiger partial charge in [-0.25, -0.2) is 4.79 Å². The SMILES string of the molecule is CCn1c(=O)c(F)cn(CCCCCCOC(=O)C(C)C)c1=O. The molecule has 7 heteroatoms. The molecule has 6 nitrogen and oxygen atoms in total. The maximum absolute atomic E-state index is 13.5. The van der Waals surface area contributed by atoms with Gasteiger partial charge >= 0.3 is 11.7 Å². The Morgan fingerprint density at radius 1 is 1.22 bits per heavy atom. The van der Waals surface area contributed by atoms with Crippen molar-refractivity contribution in [3.05, 3.63) is 32.9 Å². The van der Waals surface area contributed by atoms with Crippen LogP contribution in [-0.2, 0) is 22.6 Å². The molecule has 1 aromatic rings. The van der Waals surface area contributed by atoms with Gasteiger partial charge in [0.05, 0.1) is 18.7 Å². The van der Waals surface area contributed by atoms with E-state index in [4.69, 9.17) is 4.74 Å². The van der Waals surface area contributed by atoms with Crippen LogP contribution in [0.5, 0.6) is 0 Å². The summed E-state index contributed by atoms with van der Waals surface area (Å²) in [6.07, 6.45) is 4.12. The molecule has 0 saturated heterocycles. The molecule has 1 aromatic heterocycles. The van der Waals surface area contributed by atoms with Gasteiger partial charge in [-0.05, 0) is 26.2 Å². The molecule has 0 aromatic carbocycles. The van der Waals surface area contributed by atoms with Crippen LogP contribution in [0.25, 0.3) is 0 Å². The lowest BCUT2D eigenvalue weighted by atomic mass is 10.2. The molecule has 130 valence electrons. The molecule has 0 aliphatic heterocycles. The van der Waals surface area contributed by atoms with Gasteiger partial charge in [0.15, 0.2) is 0 Å². The second-order valence-electron chi connectivity index (χ2n) is 5.74. The summed E-state index contributed by atoms with van der Waals surface area (Å²) in [6, 6.07) is 0. The van der Waals surface area contributed by atoms with Crippen LogP contribution in [0.15, 0.2) is 15.8 Å². The van der Waals surface area contributed by atoms with Crippen molar-refractivity contribution in [2.75, 3.05) is 6.61 Å². The first-order valence-electron chi connectivity index (χ1n) is 8.04. The molecule has 1 rings (SSSR count). The Labute approximate surface area is 134 Å². The maximum atomic E-state index is 13.5. The first kappa shape index (κ1) is 19.1. The van der Waals surface area contributed by atoms with Crippen molar-refractivity contribution in [2.24, 2.45) is 5.92 Å². The lowest BCUT2D eigenvalue weighted by molar-refractivity contribution is -0.147. The zero-order valence-electron chi connectivity index (χ0n) is 14.0. The molecule has 1 heterocycles. The van der Waals surface area contributed by atoms with E-state index in [2.05, 4.69) is 0 Å². The van der Waals surface area contributed by atoms with Gasteiger partial charge in [-0.2, -0.15) is 4.39 Å². The van der Waals surface area contributed by atoms with Gasteiger partial charge < -0.3 is 4.74 Å². The molecule has 0 aliphatic rings. The van der Waals surface area contributed by atoms with Crippen molar-refractivity contribution < 1.29 is 13.9 Å². The van der Waals surface area contributed by atoms with Gasteiger partial charge in [-0.1, -0.05) is 20.3 Å². The summed E-state index contributed by atoms with van der Waals surface area (Å²) in [5.41, 5.74) is -1.36. The second kappa shape index (κ2) is 9.27. The number of ether oxygens (including phenoxy) is 1. The third-order valence-electron chi connectivity index (χ3n) is 3.52. The van der Waals surface area contributed by atoms with Crippen LogP contribution in [0, 0.1) is 11.7 Å². The van der Waals surface area contributed by atoms with E-state index < -0.39 is 17.1 Å². The molecule has 0 fully saturated rings. The molecule has 0 atom stereocenters. The first-order valence-corrected chi connectivity index (χ1v) is 8.04. The zero-order chi connectivity index (χ0) is 17.4. The largest absolute Gasteiger partial charge is 0.465 e. The Hall–Kier alpha value is -1.92. The fourth-order valence-electron chi connectivity index (χ4n) is 2.13. The van der Waals surface area contributed by atoms with Crippen LogP contribution in [0.1, 0.15) is 46.5 Å². The number of halogens is 1. The monoisotopic (exact) mass is 328 g/mol. The van der Waals surface area contributed by atoms with Crippen LogP contribution in [-0.4, -0.2) is 21.7 Å². The molecule has 0 unspecified atom stereocenters. The number of carbonyl (C=O) groups is 1. The van der Waals surface area contributed by atoms with E-state index in [0.717, 1.165) is 30.0 Å². The van der Waals surface area contributed by atoms with Crippen LogP contribution < -0.4 is 11.2 Å². The third kappa shape index (κ3) is 5.65. The molecular weight excluding hydrogens is 303 g/mol. The average Bonchev–Trinajstić information content (AvgIpc) is 2.51. The first-order chi connectivity index (χ1) is 10.9. The van der Waals surface area contributed by atoms with Crippen molar-refractivity contribution in [3.8, 4) is 0 Å².